The van der Waals surface area contributed by atoms with Gasteiger partial charge in [0.2, 0.25) is 10.0 Å². The molecule has 1 rings (SSSR count). The molecular weight excluding hydrogens is 248 g/mol. The first-order valence-corrected chi connectivity index (χ1v) is 8.76. The Morgan fingerprint density at radius 3 is 2.56 bits per heavy atom. The van der Waals surface area contributed by atoms with Crippen LogP contribution in [-0.2, 0) is 10.0 Å². The average Bonchev–Trinajstić information content (AvgIpc) is 2.55. The first kappa shape index (κ1) is 15.9. The second-order valence-electron chi connectivity index (χ2n) is 5.65. The Kier molecular flexibility index (Phi) is 6.60. The molecule has 1 atom stereocenters. The van der Waals surface area contributed by atoms with Crippen molar-refractivity contribution < 1.29 is 8.42 Å². The Morgan fingerprint density at radius 2 is 1.94 bits per heavy atom. The third-order valence-corrected chi connectivity index (χ3v) is 5.88. The quantitative estimate of drug-likeness (QED) is 0.753. The third-order valence-electron chi connectivity index (χ3n) is 3.92. The number of rotatable bonds is 6. The van der Waals surface area contributed by atoms with E-state index >= 15 is 0 Å². The van der Waals surface area contributed by atoms with Crippen molar-refractivity contribution in [3.05, 3.63) is 0 Å². The minimum absolute atomic E-state index is 0.260. The van der Waals surface area contributed by atoms with Gasteiger partial charge in [-0.3, -0.25) is 0 Å². The van der Waals surface area contributed by atoms with E-state index in [0.29, 0.717) is 37.9 Å². The van der Waals surface area contributed by atoms with Crippen LogP contribution in [0.25, 0.3) is 0 Å². The molecule has 1 fully saturated rings. The highest BCUT2D eigenvalue weighted by atomic mass is 32.2. The number of unbranched alkanes of at least 4 members (excludes halogenated alkanes) is 1. The molecule has 0 aromatic carbocycles. The number of hydrogen-bond acceptors (Lipinski definition) is 3. The number of nitrogens with zero attached hydrogens (tertiary/aromatic N) is 1. The predicted molar refractivity (Wildman–Crippen MR) is 75.8 cm³/mol. The van der Waals surface area contributed by atoms with Gasteiger partial charge in [-0.05, 0) is 50.5 Å². The van der Waals surface area contributed by atoms with Crippen LogP contribution < -0.4 is 5.73 Å². The average molecular weight is 276 g/mol. The second-order valence-corrected chi connectivity index (χ2v) is 7.73. The van der Waals surface area contributed by atoms with Crippen molar-refractivity contribution in [2.75, 3.05) is 25.4 Å². The first-order valence-electron chi connectivity index (χ1n) is 7.15. The van der Waals surface area contributed by atoms with Gasteiger partial charge in [0.25, 0.3) is 0 Å². The first-order chi connectivity index (χ1) is 8.47. The van der Waals surface area contributed by atoms with Crippen LogP contribution in [0.2, 0.25) is 0 Å². The molecule has 0 aromatic heterocycles. The van der Waals surface area contributed by atoms with Crippen LogP contribution in [0.1, 0.15) is 46.0 Å². The van der Waals surface area contributed by atoms with Gasteiger partial charge in [-0.25, -0.2) is 12.7 Å². The number of sulfonamides is 1. The molecule has 5 heteroatoms. The summed E-state index contributed by atoms with van der Waals surface area (Å²) in [6, 6.07) is 0. The zero-order chi connectivity index (χ0) is 13.6. The fourth-order valence-electron chi connectivity index (χ4n) is 2.60. The molecule has 1 aliphatic heterocycles. The maximum absolute atomic E-state index is 12.2. The van der Waals surface area contributed by atoms with Crippen molar-refractivity contribution in [1.29, 1.82) is 0 Å². The molecule has 0 saturated carbocycles. The van der Waals surface area contributed by atoms with Crippen LogP contribution in [0.3, 0.4) is 0 Å². The van der Waals surface area contributed by atoms with Gasteiger partial charge in [-0.2, -0.15) is 0 Å². The lowest BCUT2D eigenvalue weighted by molar-refractivity contribution is 0.340. The molecule has 18 heavy (non-hydrogen) atoms. The lowest BCUT2D eigenvalue weighted by Crippen LogP contribution is -2.34. The van der Waals surface area contributed by atoms with Gasteiger partial charge in [0.05, 0.1) is 5.75 Å². The van der Waals surface area contributed by atoms with Gasteiger partial charge < -0.3 is 5.73 Å². The summed E-state index contributed by atoms with van der Waals surface area (Å²) in [4.78, 5) is 0. The zero-order valence-electron chi connectivity index (χ0n) is 11.8. The number of hydrogen-bond donors (Lipinski definition) is 1. The van der Waals surface area contributed by atoms with E-state index in [9.17, 15) is 8.42 Å². The van der Waals surface area contributed by atoms with Gasteiger partial charge in [-0.15, -0.1) is 0 Å². The molecule has 1 aliphatic rings. The zero-order valence-corrected chi connectivity index (χ0v) is 12.6. The molecule has 0 amide bonds. The summed E-state index contributed by atoms with van der Waals surface area (Å²) < 4.78 is 26.0. The maximum atomic E-state index is 12.2. The highest BCUT2D eigenvalue weighted by molar-refractivity contribution is 7.89. The fourth-order valence-corrected chi connectivity index (χ4v) is 4.22. The van der Waals surface area contributed by atoms with E-state index in [2.05, 4.69) is 13.8 Å². The van der Waals surface area contributed by atoms with Gasteiger partial charge in [0, 0.05) is 13.1 Å². The van der Waals surface area contributed by atoms with E-state index in [0.717, 1.165) is 25.7 Å². The van der Waals surface area contributed by atoms with Crippen LogP contribution >= 0.6 is 0 Å². The largest absolute Gasteiger partial charge is 0.330 e. The lowest BCUT2D eigenvalue weighted by Gasteiger charge is -2.21. The van der Waals surface area contributed by atoms with Crippen molar-refractivity contribution in [3.63, 3.8) is 0 Å². The SMILES string of the molecule is CC(C)C1CCCN(S(=O)(=O)CCCCN)CC1. The van der Waals surface area contributed by atoms with Crippen molar-refractivity contribution in [2.24, 2.45) is 17.6 Å². The molecule has 1 saturated heterocycles. The molecule has 108 valence electrons. The summed E-state index contributed by atoms with van der Waals surface area (Å²) in [6.07, 6.45) is 4.64. The molecular formula is C13H28N2O2S. The molecule has 0 aliphatic carbocycles. The van der Waals surface area contributed by atoms with E-state index < -0.39 is 10.0 Å². The molecule has 4 nitrogen and oxygen atoms in total. The Hall–Kier alpha value is -0.130. The minimum atomic E-state index is -3.05. The second kappa shape index (κ2) is 7.46. The van der Waals surface area contributed by atoms with Crippen LogP contribution in [-0.4, -0.2) is 38.1 Å². The lowest BCUT2D eigenvalue weighted by atomic mass is 9.89. The van der Waals surface area contributed by atoms with E-state index in [1.165, 1.54) is 0 Å². The van der Waals surface area contributed by atoms with Gasteiger partial charge in [0.1, 0.15) is 0 Å². The summed E-state index contributed by atoms with van der Waals surface area (Å²) >= 11 is 0. The van der Waals surface area contributed by atoms with Crippen molar-refractivity contribution in [3.8, 4) is 0 Å². The third kappa shape index (κ3) is 4.86. The van der Waals surface area contributed by atoms with E-state index in [4.69, 9.17) is 5.73 Å². The maximum Gasteiger partial charge on any atom is 0.214 e. The standard InChI is InChI=1S/C13H28N2O2S/c1-12(2)13-6-5-9-15(10-7-13)18(16,17)11-4-3-8-14/h12-13H,3-11,14H2,1-2H3. The minimum Gasteiger partial charge on any atom is -0.330 e. The van der Waals surface area contributed by atoms with Crippen molar-refractivity contribution in [2.45, 2.75) is 46.0 Å². The summed E-state index contributed by atoms with van der Waals surface area (Å²) in [7, 11) is -3.05. The predicted octanol–water partition coefficient (Wildman–Crippen LogP) is 1.81. The molecule has 0 spiro atoms. The Morgan fingerprint density at radius 1 is 1.22 bits per heavy atom. The smallest absolute Gasteiger partial charge is 0.214 e. The molecule has 2 N–H and O–H groups in total. The summed E-state index contributed by atoms with van der Waals surface area (Å²) in [5.41, 5.74) is 5.40. The summed E-state index contributed by atoms with van der Waals surface area (Å²) in [6.45, 7) is 6.44. The highest BCUT2D eigenvalue weighted by Gasteiger charge is 2.26. The van der Waals surface area contributed by atoms with Crippen molar-refractivity contribution >= 4 is 10.0 Å². The Labute approximate surface area is 112 Å². The monoisotopic (exact) mass is 276 g/mol. The van der Waals surface area contributed by atoms with E-state index in [-0.39, 0.29) is 5.75 Å². The van der Waals surface area contributed by atoms with E-state index in [1.807, 2.05) is 0 Å². The van der Waals surface area contributed by atoms with Crippen LogP contribution in [0.5, 0.6) is 0 Å². The summed E-state index contributed by atoms with van der Waals surface area (Å²) in [5, 5.41) is 0. The van der Waals surface area contributed by atoms with Crippen LogP contribution in [0.4, 0.5) is 0 Å². The van der Waals surface area contributed by atoms with E-state index in [1.54, 1.807) is 4.31 Å². The van der Waals surface area contributed by atoms with Gasteiger partial charge >= 0.3 is 0 Å². The molecule has 0 radical (unpaired) electrons. The van der Waals surface area contributed by atoms with Crippen molar-refractivity contribution in [1.82, 2.24) is 4.31 Å². The Bertz CT molecular complexity index is 328. The van der Waals surface area contributed by atoms with Gasteiger partial charge in [-0.1, -0.05) is 13.8 Å². The van der Waals surface area contributed by atoms with Crippen LogP contribution in [0, 0.1) is 11.8 Å². The topological polar surface area (TPSA) is 63.4 Å². The summed E-state index contributed by atoms with van der Waals surface area (Å²) in [5.74, 6) is 1.59. The number of nitrogens with two attached hydrogens (primary N) is 1. The Balaban J connectivity index is 2.51. The molecule has 1 heterocycles. The normalized spacial score (nSPS) is 23.2. The molecule has 1 unspecified atom stereocenters. The molecule has 0 bridgehead atoms. The highest BCUT2D eigenvalue weighted by Crippen LogP contribution is 2.25. The van der Waals surface area contributed by atoms with Gasteiger partial charge in [0.15, 0.2) is 0 Å². The van der Waals surface area contributed by atoms with Crippen LogP contribution in [0.15, 0.2) is 0 Å². The fraction of sp³-hybridized carbons (Fsp3) is 1.00. The molecule has 0 aromatic rings.